The van der Waals surface area contributed by atoms with E-state index in [1.807, 2.05) is 0 Å². The molecule has 0 radical (unpaired) electrons. The van der Waals surface area contributed by atoms with Gasteiger partial charge in [0.15, 0.2) is 0 Å². The van der Waals surface area contributed by atoms with Crippen molar-refractivity contribution < 1.29 is 0 Å². The molecule has 0 saturated carbocycles. The number of allylic oxidation sites excluding steroid dienone is 5. The summed E-state index contributed by atoms with van der Waals surface area (Å²) >= 11 is 0. The molecule has 1 unspecified atom stereocenters. The summed E-state index contributed by atoms with van der Waals surface area (Å²) in [4.78, 5) is 0. The Morgan fingerprint density at radius 2 is 1.32 bits per heavy atom. The third-order valence-corrected chi connectivity index (χ3v) is 8.22. The first-order valence-electron chi connectivity index (χ1n) is 9.91. The van der Waals surface area contributed by atoms with Gasteiger partial charge in [0.2, 0.25) is 0 Å². The van der Waals surface area contributed by atoms with E-state index in [0.717, 1.165) is 6.42 Å². The van der Waals surface area contributed by atoms with E-state index >= 15 is 0 Å². The van der Waals surface area contributed by atoms with Crippen LogP contribution in [0.5, 0.6) is 0 Å². The smallest absolute Gasteiger partial charge is 0.0308 e. The first kappa shape index (κ1) is 17.4. The molecule has 0 N–H and O–H groups in total. The van der Waals surface area contributed by atoms with Crippen molar-refractivity contribution in [2.75, 3.05) is 0 Å². The maximum absolute atomic E-state index is 2.47. The van der Waals surface area contributed by atoms with Gasteiger partial charge in [0.1, 0.15) is 0 Å². The Balaban J connectivity index is 1.61. The summed E-state index contributed by atoms with van der Waals surface area (Å²) in [5.41, 5.74) is 5.80. The molecule has 3 aromatic carbocycles. The topological polar surface area (TPSA) is 0 Å². The molecular formula is C27H23P. The maximum Gasteiger partial charge on any atom is 0.0308 e. The van der Waals surface area contributed by atoms with E-state index in [0.29, 0.717) is 5.92 Å². The van der Waals surface area contributed by atoms with E-state index in [-0.39, 0.29) is 0 Å². The molecule has 1 atom stereocenters. The van der Waals surface area contributed by atoms with Crippen LogP contribution in [-0.2, 0) is 0 Å². The lowest BCUT2D eigenvalue weighted by Crippen LogP contribution is -2.15. The first-order chi connectivity index (χ1) is 13.8. The fourth-order valence-corrected chi connectivity index (χ4v) is 7.04. The molecule has 28 heavy (non-hydrogen) atoms. The van der Waals surface area contributed by atoms with Crippen molar-refractivity contribution in [3.05, 3.63) is 125 Å². The molecule has 136 valence electrons. The fourth-order valence-electron chi connectivity index (χ4n) is 4.48. The van der Waals surface area contributed by atoms with E-state index in [9.17, 15) is 0 Å². The SMILES string of the molecule is CC1=Cc2ccccc2C1C1=CCC=C1P(c1ccccc1)c1ccccc1. The minimum atomic E-state index is -0.550. The molecule has 2 aliphatic carbocycles. The van der Waals surface area contributed by atoms with Crippen LogP contribution in [-0.4, -0.2) is 0 Å². The maximum atomic E-state index is 2.47. The summed E-state index contributed by atoms with van der Waals surface area (Å²) in [6.07, 6.45) is 8.33. The second-order valence-corrected chi connectivity index (χ2v) is 9.63. The van der Waals surface area contributed by atoms with Gasteiger partial charge in [-0.05, 0) is 53.9 Å². The van der Waals surface area contributed by atoms with Crippen LogP contribution in [0.2, 0.25) is 0 Å². The minimum Gasteiger partial charge on any atom is -0.0759 e. The fraction of sp³-hybridized carbons (Fsp3) is 0.111. The number of fused-ring (bicyclic) bond motifs is 1. The van der Waals surface area contributed by atoms with Crippen LogP contribution in [0.3, 0.4) is 0 Å². The average molecular weight is 378 g/mol. The Labute approximate surface area is 168 Å². The molecule has 0 aromatic heterocycles. The van der Waals surface area contributed by atoms with Crippen molar-refractivity contribution in [2.24, 2.45) is 0 Å². The van der Waals surface area contributed by atoms with E-state index in [4.69, 9.17) is 0 Å². The molecule has 3 aromatic rings. The highest BCUT2D eigenvalue weighted by Crippen LogP contribution is 2.55. The highest BCUT2D eigenvalue weighted by Gasteiger charge is 2.32. The summed E-state index contributed by atoms with van der Waals surface area (Å²) in [6, 6.07) is 30.9. The summed E-state index contributed by atoms with van der Waals surface area (Å²) in [7, 11) is -0.550. The molecule has 0 bridgehead atoms. The molecule has 0 heterocycles. The molecule has 0 aliphatic heterocycles. The van der Waals surface area contributed by atoms with Crippen LogP contribution in [0.4, 0.5) is 0 Å². The van der Waals surface area contributed by atoms with E-state index in [1.165, 1.54) is 38.2 Å². The van der Waals surface area contributed by atoms with Crippen molar-refractivity contribution in [3.8, 4) is 0 Å². The Bertz CT molecular complexity index is 1050. The Morgan fingerprint density at radius 3 is 2.00 bits per heavy atom. The van der Waals surface area contributed by atoms with Gasteiger partial charge in [-0.2, -0.15) is 0 Å². The van der Waals surface area contributed by atoms with Crippen LogP contribution >= 0.6 is 7.92 Å². The van der Waals surface area contributed by atoms with Crippen molar-refractivity contribution >= 4 is 24.6 Å². The Hall–Kier alpha value is -2.69. The standard InChI is InChI=1S/C27H23P/c1-20-19-21-11-8-9-16-24(21)27(20)25-17-10-18-26(25)28(22-12-4-2-5-13-22)23-14-6-3-7-15-23/h2-9,11-19,27H,10H2,1H3. The van der Waals surface area contributed by atoms with Gasteiger partial charge in [-0.15, -0.1) is 0 Å². The van der Waals surface area contributed by atoms with Crippen molar-refractivity contribution in [1.29, 1.82) is 0 Å². The third-order valence-electron chi connectivity index (χ3n) is 5.67. The average Bonchev–Trinajstić information content (AvgIpc) is 3.33. The third kappa shape index (κ3) is 2.99. The number of benzene rings is 3. The molecular weight excluding hydrogens is 355 g/mol. The molecule has 1 heteroatoms. The van der Waals surface area contributed by atoms with Gasteiger partial charge in [0.05, 0.1) is 0 Å². The summed E-state index contributed by atoms with van der Waals surface area (Å²) in [5, 5.41) is 4.38. The van der Waals surface area contributed by atoms with Gasteiger partial charge in [-0.3, -0.25) is 0 Å². The van der Waals surface area contributed by atoms with Crippen molar-refractivity contribution in [1.82, 2.24) is 0 Å². The summed E-state index contributed by atoms with van der Waals surface area (Å²) in [5.74, 6) is 0.391. The highest BCUT2D eigenvalue weighted by molar-refractivity contribution is 7.77. The zero-order chi connectivity index (χ0) is 18.9. The lowest BCUT2D eigenvalue weighted by Gasteiger charge is -2.27. The molecule has 0 saturated heterocycles. The molecule has 0 fully saturated rings. The Morgan fingerprint density at radius 1 is 0.714 bits per heavy atom. The highest BCUT2D eigenvalue weighted by atomic mass is 31.1. The van der Waals surface area contributed by atoms with E-state index < -0.39 is 7.92 Å². The van der Waals surface area contributed by atoms with Crippen LogP contribution in [0, 0.1) is 0 Å². The quantitative estimate of drug-likeness (QED) is 0.453. The number of rotatable bonds is 4. The van der Waals surface area contributed by atoms with Gasteiger partial charge in [0.25, 0.3) is 0 Å². The molecule has 2 aliphatic rings. The van der Waals surface area contributed by atoms with E-state index in [1.54, 1.807) is 0 Å². The van der Waals surface area contributed by atoms with Crippen LogP contribution < -0.4 is 10.6 Å². The normalized spacial score (nSPS) is 17.9. The lowest BCUT2D eigenvalue weighted by atomic mass is 9.89. The zero-order valence-electron chi connectivity index (χ0n) is 16.0. The summed E-state index contributed by atoms with van der Waals surface area (Å²) < 4.78 is 0. The van der Waals surface area contributed by atoms with Gasteiger partial charge in [-0.25, -0.2) is 0 Å². The Kier molecular flexibility index (Phi) is 4.59. The van der Waals surface area contributed by atoms with E-state index in [2.05, 4.69) is 110 Å². The van der Waals surface area contributed by atoms with Crippen LogP contribution in [0.25, 0.3) is 6.08 Å². The van der Waals surface area contributed by atoms with Gasteiger partial charge in [0, 0.05) is 5.92 Å². The molecule has 0 spiro atoms. The second kappa shape index (κ2) is 7.38. The predicted octanol–water partition coefficient (Wildman–Crippen LogP) is 6.53. The van der Waals surface area contributed by atoms with Gasteiger partial charge >= 0.3 is 0 Å². The van der Waals surface area contributed by atoms with Gasteiger partial charge < -0.3 is 0 Å². The number of hydrogen-bond donors (Lipinski definition) is 0. The summed E-state index contributed by atoms with van der Waals surface area (Å²) in [6.45, 7) is 2.29. The van der Waals surface area contributed by atoms with Crippen molar-refractivity contribution in [2.45, 2.75) is 19.3 Å². The van der Waals surface area contributed by atoms with Gasteiger partial charge in [-0.1, -0.05) is 109 Å². The van der Waals surface area contributed by atoms with Crippen molar-refractivity contribution in [3.63, 3.8) is 0 Å². The van der Waals surface area contributed by atoms with Crippen LogP contribution in [0.15, 0.2) is 114 Å². The zero-order valence-corrected chi connectivity index (χ0v) is 16.9. The molecule has 5 rings (SSSR count). The molecule has 0 nitrogen and oxygen atoms in total. The second-order valence-electron chi connectivity index (χ2n) is 7.44. The first-order valence-corrected chi connectivity index (χ1v) is 11.2. The minimum absolute atomic E-state index is 0.391. The largest absolute Gasteiger partial charge is 0.0759 e. The number of hydrogen-bond acceptors (Lipinski definition) is 0. The molecule has 0 amide bonds. The lowest BCUT2D eigenvalue weighted by molar-refractivity contribution is 0.973. The van der Waals surface area contributed by atoms with Crippen LogP contribution in [0.1, 0.15) is 30.4 Å². The predicted molar refractivity (Wildman–Crippen MR) is 123 cm³/mol. The monoisotopic (exact) mass is 378 g/mol.